The lowest BCUT2D eigenvalue weighted by molar-refractivity contribution is -0.140. The van der Waals surface area contributed by atoms with Gasteiger partial charge in [0.25, 0.3) is 11.8 Å². The first-order valence-electron chi connectivity index (χ1n) is 10.2. The van der Waals surface area contributed by atoms with Gasteiger partial charge in [-0.25, -0.2) is 0 Å². The lowest BCUT2D eigenvalue weighted by Crippen LogP contribution is -2.43. The predicted molar refractivity (Wildman–Crippen MR) is 98.4 cm³/mol. The molecule has 2 rings (SSSR count). The molecule has 1 aliphatic carbocycles. The first kappa shape index (κ1) is 19.2. The molecule has 4 atom stereocenters. The lowest BCUT2D eigenvalue weighted by Gasteiger charge is -2.31. The fourth-order valence-electron chi connectivity index (χ4n) is 4.86. The Kier molecular flexibility index (Phi) is 7.51. The highest BCUT2D eigenvalue weighted by Gasteiger charge is 2.47. The van der Waals surface area contributed by atoms with Crippen molar-refractivity contribution in [3.05, 3.63) is 12.2 Å². The van der Waals surface area contributed by atoms with Gasteiger partial charge in [-0.3, -0.25) is 14.5 Å². The van der Waals surface area contributed by atoms with Gasteiger partial charge in [0.1, 0.15) is 0 Å². The summed E-state index contributed by atoms with van der Waals surface area (Å²) >= 11 is 0. The van der Waals surface area contributed by atoms with E-state index in [1.54, 1.807) is 4.90 Å². The van der Waals surface area contributed by atoms with Crippen LogP contribution in [0, 0.1) is 17.8 Å². The van der Waals surface area contributed by atoms with Crippen LogP contribution in [0.4, 0.5) is 0 Å². The SMILES string of the molecule is CCCCC1CC(N2C(=O)C=CC2=O)C(CCCC)C1CCCC. The number of carbonyl (C=O) groups is 2. The van der Waals surface area contributed by atoms with Crippen molar-refractivity contribution in [2.75, 3.05) is 0 Å². The average Bonchev–Trinajstić information content (AvgIpc) is 3.08. The molecule has 1 fully saturated rings. The molecule has 0 bridgehead atoms. The summed E-state index contributed by atoms with van der Waals surface area (Å²) in [5.41, 5.74) is 0. The van der Waals surface area contributed by atoms with E-state index in [1.165, 1.54) is 63.5 Å². The van der Waals surface area contributed by atoms with Crippen LogP contribution in [0.1, 0.15) is 85.0 Å². The van der Waals surface area contributed by atoms with Gasteiger partial charge in [0.05, 0.1) is 0 Å². The van der Waals surface area contributed by atoms with E-state index in [2.05, 4.69) is 20.8 Å². The molecular weight excluding hydrogens is 298 g/mol. The number of amides is 2. The third kappa shape index (κ3) is 4.29. The largest absolute Gasteiger partial charge is 0.272 e. The monoisotopic (exact) mass is 333 g/mol. The summed E-state index contributed by atoms with van der Waals surface area (Å²) in [7, 11) is 0. The number of unbranched alkanes of at least 4 members (excludes halogenated alkanes) is 3. The van der Waals surface area contributed by atoms with Crippen LogP contribution in [0.25, 0.3) is 0 Å². The van der Waals surface area contributed by atoms with Gasteiger partial charge in [0.2, 0.25) is 0 Å². The van der Waals surface area contributed by atoms with Crippen LogP contribution >= 0.6 is 0 Å². The Labute approximate surface area is 147 Å². The molecule has 0 radical (unpaired) electrons. The molecule has 24 heavy (non-hydrogen) atoms. The molecule has 3 heteroatoms. The molecule has 0 spiro atoms. The molecule has 0 aromatic heterocycles. The summed E-state index contributed by atoms with van der Waals surface area (Å²) in [6.07, 6.45) is 15.0. The third-order valence-corrected chi connectivity index (χ3v) is 6.08. The molecule has 2 amide bonds. The summed E-state index contributed by atoms with van der Waals surface area (Å²) in [6.45, 7) is 6.73. The Morgan fingerprint density at radius 2 is 1.33 bits per heavy atom. The highest BCUT2D eigenvalue weighted by molar-refractivity contribution is 6.13. The van der Waals surface area contributed by atoms with E-state index < -0.39 is 0 Å². The number of nitrogens with zero attached hydrogens (tertiary/aromatic N) is 1. The van der Waals surface area contributed by atoms with Crippen molar-refractivity contribution >= 4 is 11.8 Å². The average molecular weight is 334 g/mol. The summed E-state index contributed by atoms with van der Waals surface area (Å²) in [5.74, 6) is 1.71. The van der Waals surface area contributed by atoms with Crippen LogP contribution in [0.5, 0.6) is 0 Å². The van der Waals surface area contributed by atoms with E-state index in [4.69, 9.17) is 0 Å². The molecule has 1 heterocycles. The van der Waals surface area contributed by atoms with E-state index in [0.717, 1.165) is 12.8 Å². The quantitative estimate of drug-likeness (QED) is 0.521. The fourth-order valence-corrected chi connectivity index (χ4v) is 4.86. The van der Waals surface area contributed by atoms with Gasteiger partial charge < -0.3 is 0 Å². The van der Waals surface area contributed by atoms with Gasteiger partial charge >= 0.3 is 0 Å². The number of imide groups is 1. The van der Waals surface area contributed by atoms with Gasteiger partial charge in [-0.05, 0) is 37.0 Å². The van der Waals surface area contributed by atoms with E-state index >= 15 is 0 Å². The molecule has 0 aromatic carbocycles. The summed E-state index contributed by atoms with van der Waals surface area (Å²) in [6, 6.07) is 0.135. The second kappa shape index (κ2) is 9.39. The second-order valence-corrected chi connectivity index (χ2v) is 7.70. The topological polar surface area (TPSA) is 37.4 Å². The van der Waals surface area contributed by atoms with Crippen LogP contribution in [0.3, 0.4) is 0 Å². The zero-order chi connectivity index (χ0) is 17.5. The molecule has 4 unspecified atom stereocenters. The standard InChI is InChI=1S/C21H35NO2/c1-4-7-10-16-15-19(22-20(23)13-14-21(22)24)18(12-9-6-3)17(16)11-8-5-2/h13-14,16-19H,4-12,15H2,1-3H3. The normalized spacial score (nSPS) is 29.9. The third-order valence-electron chi connectivity index (χ3n) is 6.08. The lowest BCUT2D eigenvalue weighted by atomic mass is 9.80. The Morgan fingerprint density at radius 3 is 1.88 bits per heavy atom. The minimum atomic E-state index is -0.0862. The molecular formula is C21H35NO2. The minimum absolute atomic E-state index is 0.0862. The van der Waals surface area contributed by atoms with Crippen molar-refractivity contribution in [2.24, 2.45) is 17.8 Å². The maximum Gasteiger partial charge on any atom is 0.253 e. The van der Waals surface area contributed by atoms with Crippen molar-refractivity contribution in [3.63, 3.8) is 0 Å². The molecule has 3 nitrogen and oxygen atoms in total. The summed E-state index contributed by atoms with van der Waals surface area (Å²) in [5, 5.41) is 0. The number of rotatable bonds is 10. The van der Waals surface area contributed by atoms with Gasteiger partial charge in [-0.2, -0.15) is 0 Å². The summed E-state index contributed by atoms with van der Waals surface area (Å²) in [4.78, 5) is 26.1. The number of carbonyl (C=O) groups excluding carboxylic acids is 2. The smallest absolute Gasteiger partial charge is 0.253 e. The van der Waals surface area contributed by atoms with Crippen LogP contribution in [0.15, 0.2) is 12.2 Å². The van der Waals surface area contributed by atoms with Gasteiger partial charge in [-0.1, -0.05) is 65.7 Å². The van der Waals surface area contributed by atoms with Crippen LogP contribution in [-0.2, 0) is 9.59 Å². The zero-order valence-electron chi connectivity index (χ0n) is 15.8. The van der Waals surface area contributed by atoms with Crippen molar-refractivity contribution in [2.45, 2.75) is 91.0 Å². The van der Waals surface area contributed by atoms with Gasteiger partial charge in [0.15, 0.2) is 0 Å². The molecule has 1 saturated carbocycles. The molecule has 0 N–H and O–H groups in total. The van der Waals surface area contributed by atoms with E-state index in [0.29, 0.717) is 17.8 Å². The fraction of sp³-hybridized carbons (Fsp3) is 0.810. The minimum Gasteiger partial charge on any atom is -0.272 e. The highest BCUT2D eigenvalue weighted by atomic mass is 16.2. The van der Waals surface area contributed by atoms with Gasteiger partial charge in [0, 0.05) is 18.2 Å². The maximum atomic E-state index is 12.3. The van der Waals surface area contributed by atoms with Crippen molar-refractivity contribution in [1.82, 2.24) is 4.90 Å². The second-order valence-electron chi connectivity index (χ2n) is 7.70. The van der Waals surface area contributed by atoms with Crippen LogP contribution < -0.4 is 0 Å². The van der Waals surface area contributed by atoms with Crippen molar-refractivity contribution in [3.8, 4) is 0 Å². The van der Waals surface area contributed by atoms with Crippen molar-refractivity contribution in [1.29, 1.82) is 0 Å². The zero-order valence-corrected chi connectivity index (χ0v) is 15.8. The molecule has 136 valence electrons. The number of hydrogen-bond acceptors (Lipinski definition) is 2. The Hall–Kier alpha value is -1.12. The maximum absolute atomic E-state index is 12.3. The Bertz CT molecular complexity index is 439. The Morgan fingerprint density at radius 1 is 0.833 bits per heavy atom. The van der Waals surface area contributed by atoms with Crippen LogP contribution in [0.2, 0.25) is 0 Å². The summed E-state index contributed by atoms with van der Waals surface area (Å²) < 4.78 is 0. The van der Waals surface area contributed by atoms with Crippen molar-refractivity contribution < 1.29 is 9.59 Å². The first-order chi connectivity index (χ1) is 11.6. The molecule has 0 saturated heterocycles. The van der Waals surface area contributed by atoms with E-state index in [-0.39, 0.29) is 17.9 Å². The predicted octanol–water partition coefficient (Wildman–Crippen LogP) is 5.10. The Balaban J connectivity index is 2.19. The van der Waals surface area contributed by atoms with E-state index in [9.17, 15) is 9.59 Å². The molecule has 1 aliphatic heterocycles. The van der Waals surface area contributed by atoms with Crippen LogP contribution in [-0.4, -0.2) is 22.8 Å². The number of hydrogen-bond donors (Lipinski definition) is 0. The highest BCUT2D eigenvalue weighted by Crippen LogP contribution is 2.47. The van der Waals surface area contributed by atoms with Gasteiger partial charge in [-0.15, -0.1) is 0 Å². The molecule has 2 aliphatic rings. The van der Waals surface area contributed by atoms with E-state index in [1.807, 2.05) is 0 Å². The molecule has 0 aromatic rings. The first-order valence-corrected chi connectivity index (χ1v) is 10.2.